The van der Waals surface area contributed by atoms with Gasteiger partial charge < -0.3 is 14.8 Å². The summed E-state index contributed by atoms with van der Waals surface area (Å²) in [5.41, 5.74) is 1.53. The molecule has 1 amide bonds. The van der Waals surface area contributed by atoms with Crippen LogP contribution in [0.4, 0.5) is 10.2 Å². The zero-order valence-electron chi connectivity index (χ0n) is 18.0. The van der Waals surface area contributed by atoms with Gasteiger partial charge in [0.1, 0.15) is 36.1 Å². The Hall–Kier alpha value is -4.28. The average Bonchev–Trinajstić information content (AvgIpc) is 3.41. The van der Waals surface area contributed by atoms with Crippen molar-refractivity contribution in [2.45, 2.75) is 6.92 Å². The first-order valence-electron chi connectivity index (χ1n) is 10.2. The van der Waals surface area contributed by atoms with Gasteiger partial charge in [-0.2, -0.15) is 10.1 Å². The summed E-state index contributed by atoms with van der Waals surface area (Å²) in [6.07, 6.45) is 4.77. The molecule has 0 fully saturated rings. The summed E-state index contributed by atoms with van der Waals surface area (Å²) in [7, 11) is 1.56. The Morgan fingerprint density at radius 3 is 2.85 bits per heavy atom. The number of esters is 1. The number of ether oxygens (including phenoxy) is 2. The Morgan fingerprint density at radius 1 is 1.21 bits per heavy atom. The lowest BCUT2D eigenvalue weighted by molar-refractivity contribution is 0.0523. The number of aromatic nitrogens is 5. The van der Waals surface area contributed by atoms with Crippen molar-refractivity contribution in [3.8, 4) is 17.0 Å². The van der Waals surface area contributed by atoms with E-state index in [1.807, 2.05) is 6.07 Å². The minimum absolute atomic E-state index is 0.0201. The molecule has 0 aliphatic heterocycles. The molecule has 10 nitrogen and oxygen atoms in total. The van der Waals surface area contributed by atoms with E-state index in [1.54, 1.807) is 55.0 Å². The van der Waals surface area contributed by atoms with Gasteiger partial charge in [-0.3, -0.25) is 13.9 Å². The van der Waals surface area contributed by atoms with Gasteiger partial charge in [0.05, 0.1) is 18.5 Å². The topological polar surface area (TPSA) is 113 Å². The van der Waals surface area contributed by atoms with E-state index in [4.69, 9.17) is 9.47 Å². The minimum Gasteiger partial charge on any atom is -0.491 e. The molecule has 0 spiro atoms. The second-order valence-electron chi connectivity index (χ2n) is 6.92. The molecule has 4 aromatic rings. The molecule has 1 aromatic carbocycles. The molecule has 0 unspecified atom stereocenters. The van der Waals surface area contributed by atoms with E-state index in [1.165, 1.54) is 10.9 Å². The number of anilines is 1. The Bertz CT molecular complexity index is 1320. The largest absolute Gasteiger partial charge is 0.491 e. The highest BCUT2D eigenvalue weighted by Gasteiger charge is 2.23. The van der Waals surface area contributed by atoms with Crippen LogP contribution < -0.4 is 10.1 Å². The molecule has 1 N–H and O–H groups in total. The van der Waals surface area contributed by atoms with Crippen LogP contribution in [0.5, 0.6) is 5.75 Å². The Labute approximate surface area is 188 Å². The van der Waals surface area contributed by atoms with Crippen LogP contribution in [0.2, 0.25) is 0 Å². The SMILES string of the molecule is CCOC(=O)c1cnn(C)c1C(=O)Nc1ccn2cc(-c3cccc(OCCF)c3)nc2n1. The second-order valence-corrected chi connectivity index (χ2v) is 6.92. The van der Waals surface area contributed by atoms with E-state index < -0.39 is 18.6 Å². The maximum absolute atomic E-state index is 12.8. The van der Waals surface area contributed by atoms with Crippen molar-refractivity contribution in [1.82, 2.24) is 24.1 Å². The molecule has 0 aliphatic carbocycles. The fourth-order valence-corrected chi connectivity index (χ4v) is 3.22. The maximum Gasteiger partial charge on any atom is 0.342 e. The van der Waals surface area contributed by atoms with Crippen molar-refractivity contribution in [2.75, 3.05) is 25.2 Å². The van der Waals surface area contributed by atoms with E-state index in [-0.39, 0.29) is 30.3 Å². The molecule has 33 heavy (non-hydrogen) atoms. The third-order valence-corrected chi connectivity index (χ3v) is 4.69. The number of hydrogen-bond acceptors (Lipinski definition) is 7. The lowest BCUT2D eigenvalue weighted by Gasteiger charge is -2.07. The Kier molecular flexibility index (Phi) is 6.29. The summed E-state index contributed by atoms with van der Waals surface area (Å²) in [5.74, 6) is -0.0416. The van der Waals surface area contributed by atoms with Crippen LogP contribution in [0.15, 0.2) is 48.9 Å². The zero-order chi connectivity index (χ0) is 23.4. The van der Waals surface area contributed by atoms with Gasteiger partial charge in [-0.25, -0.2) is 14.2 Å². The number of amides is 1. The number of benzene rings is 1. The third-order valence-electron chi connectivity index (χ3n) is 4.69. The van der Waals surface area contributed by atoms with Crippen LogP contribution in [0.1, 0.15) is 27.8 Å². The van der Waals surface area contributed by atoms with Crippen LogP contribution in [-0.2, 0) is 11.8 Å². The number of halogens is 1. The van der Waals surface area contributed by atoms with Crippen LogP contribution in [-0.4, -0.2) is 55.9 Å². The maximum atomic E-state index is 12.8. The minimum atomic E-state index is -0.630. The number of carbonyl (C=O) groups excluding carboxylic acids is 2. The average molecular weight is 452 g/mol. The van der Waals surface area contributed by atoms with Gasteiger partial charge in [-0.15, -0.1) is 0 Å². The van der Waals surface area contributed by atoms with E-state index in [0.717, 1.165) is 5.56 Å². The fraction of sp³-hybridized carbons (Fsp3) is 0.227. The first-order valence-corrected chi connectivity index (χ1v) is 10.2. The number of carbonyl (C=O) groups is 2. The number of nitrogens with zero attached hydrogens (tertiary/aromatic N) is 5. The Balaban J connectivity index is 1.57. The highest BCUT2D eigenvalue weighted by atomic mass is 19.1. The first-order chi connectivity index (χ1) is 16.0. The quantitative estimate of drug-likeness (QED) is 0.409. The van der Waals surface area contributed by atoms with Gasteiger partial charge >= 0.3 is 5.97 Å². The summed E-state index contributed by atoms with van der Waals surface area (Å²) in [5, 5.41) is 6.65. The molecule has 0 bridgehead atoms. The van der Waals surface area contributed by atoms with Crippen molar-refractivity contribution in [3.05, 3.63) is 60.2 Å². The molecule has 0 atom stereocenters. The number of aryl methyl sites for hydroxylation is 1. The summed E-state index contributed by atoms with van der Waals surface area (Å²) >= 11 is 0. The highest BCUT2D eigenvalue weighted by molar-refractivity contribution is 6.09. The molecule has 3 heterocycles. The first kappa shape index (κ1) is 21.9. The van der Waals surface area contributed by atoms with Crippen molar-refractivity contribution < 1.29 is 23.5 Å². The van der Waals surface area contributed by atoms with Crippen LogP contribution in [0, 0.1) is 0 Å². The highest BCUT2D eigenvalue weighted by Crippen LogP contribution is 2.24. The summed E-state index contributed by atoms with van der Waals surface area (Å²) < 4.78 is 25.7. The molecular formula is C22H21FN6O4. The molecule has 0 saturated heterocycles. The second kappa shape index (κ2) is 9.47. The molecule has 3 aromatic heterocycles. The van der Waals surface area contributed by atoms with E-state index in [9.17, 15) is 14.0 Å². The number of rotatable bonds is 8. The smallest absolute Gasteiger partial charge is 0.342 e. The van der Waals surface area contributed by atoms with Gasteiger partial charge in [0, 0.05) is 25.0 Å². The summed E-state index contributed by atoms with van der Waals surface area (Å²) in [6.45, 7) is 1.27. The van der Waals surface area contributed by atoms with Crippen LogP contribution in [0.3, 0.4) is 0 Å². The number of nitrogens with one attached hydrogen (secondary N) is 1. The van der Waals surface area contributed by atoms with Gasteiger partial charge in [0.2, 0.25) is 5.78 Å². The predicted molar refractivity (Wildman–Crippen MR) is 117 cm³/mol. The Morgan fingerprint density at radius 2 is 2.06 bits per heavy atom. The van der Waals surface area contributed by atoms with Gasteiger partial charge in [0.25, 0.3) is 5.91 Å². The number of hydrogen-bond donors (Lipinski definition) is 1. The molecular weight excluding hydrogens is 431 g/mol. The van der Waals surface area contributed by atoms with Crippen LogP contribution >= 0.6 is 0 Å². The lowest BCUT2D eigenvalue weighted by atomic mass is 10.1. The monoisotopic (exact) mass is 452 g/mol. The van der Waals surface area contributed by atoms with Crippen molar-refractivity contribution >= 4 is 23.5 Å². The summed E-state index contributed by atoms with van der Waals surface area (Å²) in [6, 6.07) is 8.76. The zero-order valence-corrected chi connectivity index (χ0v) is 18.0. The van der Waals surface area contributed by atoms with Gasteiger partial charge in [-0.1, -0.05) is 12.1 Å². The molecule has 0 aliphatic rings. The predicted octanol–water partition coefficient (Wildman–Crippen LogP) is 2.91. The standard InChI is InChI=1S/C22H21FN6O4/c1-3-32-21(31)16-12-24-28(2)19(16)20(30)26-18-7-9-29-13-17(25-22(29)27-18)14-5-4-6-15(11-14)33-10-8-23/h4-7,9,11-13H,3,8,10H2,1-2H3,(H,25,26,27,30). The third kappa shape index (κ3) is 4.66. The van der Waals surface area contributed by atoms with E-state index >= 15 is 0 Å². The van der Waals surface area contributed by atoms with Crippen LogP contribution in [0.25, 0.3) is 17.0 Å². The van der Waals surface area contributed by atoms with Crippen molar-refractivity contribution in [1.29, 1.82) is 0 Å². The molecule has 4 rings (SSSR count). The number of fused-ring (bicyclic) bond motifs is 1. The van der Waals surface area contributed by atoms with Gasteiger partial charge in [0.15, 0.2) is 0 Å². The molecule has 0 saturated carbocycles. The molecule has 170 valence electrons. The van der Waals surface area contributed by atoms with E-state index in [0.29, 0.717) is 17.2 Å². The number of imidazole rings is 1. The lowest BCUT2D eigenvalue weighted by Crippen LogP contribution is -2.20. The summed E-state index contributed by atoms with van der Waals surface area (Å²) in [4.78, 5) is 33.8. The van der Waals surface area contributed by atoms with E-state index in [2.05, 4.69) is 20.4 Å². The molecule has 0 radical (unpaired) electrons. The normalized spacial score (nSPS) is 10.9. The fourth-order valence-electron chi connectivity index (χ4n) is 3.22. The molecule has 11 heteroatoms. The number of alkyl halides is 1. The van der Waals surface area contributed by atoms with Crippen molar-refractivity contribution in [3.63, 3.8) is 0 Å². The van der Waals surface area contributed by atoms with Crippen molar-refractivity contribution in [2.24, 2.45) is 7.05 Å². The van der Waals surface area contributed by atoms with Gasteiger partial charge in [-0.05, 0) is 25.1 Å².